The molecule has 3 aromatic heterocycles. The molecule has 0 unspecified atom stereocenters. The van der Waals surface area contributed by atoms with E-state index in [1.807, 2.05) is 11.4 Å². The van der Waals surface area contributed by atoms with Crippen LogP contribution < -0.4 is 10.9 Å². The van der Waals surface area contributed by atoms with Crippen LogP contribution in [0.3, 0.4) is 0 Å². The lowest BCUT2D eigenvalue weighted by Crippen LogP contribution is -2.24. The van der Waals surface area contributed by atoms with Crippen LogP contribution in [-0.4, -0.2) is 26.1 Å². The first-order valence-corrected chi connectivity index (χ1v) is 8.18. The summed E-state index contributed by atoms with van der Waals surface area (Å²) in [6.07, 6.45) is 5.51. The van der Waals surface area contributed by atoms with Gasteiger partial charge < -0.3 is 5.32 Å². The first kappa shape index (κ1) is 13.4. The Hall–Kier alpha value is -2.28. The van der Waals surface area contributed by atoms with Gasteiger partial charge in [0.05, 0.1) is 22.2 Å². The highest BCUT2D eigenvalue weighted by atomic mass is 32.1. The van der Waals surface area contributed by atoms with Gasteiger partial charge in [0, 0.05) is 25.1 Å². The van der Waals surface area contributed by atoms with Crippen LogP contribution in [0.2, 0.25) is 0 Å². The van der Waals surface area contributed by atoms with Gasteiger partial charge >= 0.3 is 0 Å². The average Bonchev–Trinajstić information content (AvgIpc) is 3.26. The highest BCUT2D eigenvalue weighted by Crippen LogP contribution is 2.38. The lowest BCUT2D eigenvalue weighted by Gasteiger charge is -2.08. The van der Waals surface area contributed by atoms with Gasteiger partial charge in [-0.15, -0.1) is 11.3 Å². The summed E-state index contributed by atoms with van der Waals surface area (Å²) in [6, 6.07) is 3.64. The van der Waals surface area contributed by atoms with E-state index in [0.29, 0.717) is 19.0 Å². The smallest absolute Gasteiger partial charge is 0.253 e. The van der Waals surface area contributed by atoms with Crippen molar-refractivity contribution in [2.24, 2.45) is 0 Å². The quantitative estimate of drug-likeness (QED) is 0.782. The second kappa shape index (κ2) is 5.49. The molecule has 22 heavy (non-hydrogen) atoms. The Morgan fingerprint density at radius 3 is 3.05 bits per heavy atom. The minimum absolute atomic E-state index is 0.0164. The maximum atomic E-state index is 12.1. The van der Waals surface area contributed by atoms with Crippen LogP contribution in [0.5, 0.6) is 0 Å². The molecule has 1 fully saturated rings. The molecule has 1 aliphatic carbocycles. The van der Waals surface area contributed by atoms with Gasteiger partial charge in [0.15, 0.2) is 0 Å². The van der Waals surface area contributed by atoms with Gasteiger partial charge in [-0.05, 0) is 24.3 Å². The van der Waals surface area contributed by atoms with E-state index in [1.54, 1.807) is 34.6 Å². The van der Waals surface area contributed by atoms with E-state index in [4.69, 9.17) is 0 Å². The molecule has 0 bridgehead atoms. The zero-order chi connectivity index (χ0) is 14.9. The summed E-state index contributed by atoms with van der Waals surface area (Å²) in [5, 5.41) is 5.27. The summed E-state index contributed by atoms with van der Waals surface area (Å²) in [5.41, 5.74) is 1.89. The van der Waals surface area contributed by atoms with Gasteiger partial charge in [-0.2, -0.15) is 0 Å². The second-order valence-corrected chi connectivity index (χ2v) is 6.32. The number of nitrogens with zero attached hydrogens (tertiary/aromatic N) is 4. The number of anilines is 1. The maximum Gasteiger partial charge on any atom is 0.253 e. The predicted molar refractivity (Wildman–Crippen MR) is 86.4 cm³/mol. The van der Waals surface area contributed by atoms with Gasteiger partial charge in [0.1, 0.15) is 12.1 Å². The minimum atomic E-state index is 0.0164. The molecule has 7 heteroatoms. The lowest BCUT2D eigenvalue weighted by molar-refractivity contribution is 0.672. The number of rotatable bonds is 5. The average molecular weight is 313 g/mol. The van der Waals surface area contributed by atoms with Crippen molar-refractivity contribution >= 4 is 27.4 Å². The molecule has 1 N–H and O–H groups in total. The predicted octanol–water partition coefficient (Wildman–Crippen LogP) is 2.24. The Morgan fingerprint density at radius 1 is 1.32 bits per heavy atom. The van der Waals surface area contributed by atoms with E-state index in [0.717, 1.165) is 34.6 Å². The zero-order valence-corrected chi connectivity index (χ0v) is 12.7. The Labute approximate surface area is 130 Å². The number of aromatic nitrogens is 4. The molecule has 3 heterocycles. The Morgan fingerprint density at radius 2 is 2.23 bits per heavy atom. The van der Waals surface area contributed by atoms with Crippen LogP contribution >= 0.6 is 11.3 Å². The summed E-state index contributed by atoms with van der Waals surface area (Å²) >= 11 is 1.61. The molecule has 112 valence electrons. The van der Waals surface area contributed by atoms with E-state index < -0.39 is 0 Å². The molecule has 0 aliphatic heterocycles. The van der Waals surface area contributed by atoms with E-state index >= 15 is 0 Å². The van der Waals surface area contributed by atoms with Crippen LogP contribution in [0.15, 0.2) is 35.0 Å². The largest absolute Gasteiger partial charge is 0.367 e. The van der Waals surface area contributed by atoms with Crippen molar-refractivity contribution in [3.8, 4) is 0 Å². The fourth-order valence-corrected chi connectivity index (χ4v) is 3.23. The standard InChI is InChI=1S/C15H15N5OS/c21-13-7-12(10-1-2-10)19-9-20(13)5-4-16-15-14-11(3-6-22-14)17-8-18-15/h3,6-10H,1-2,4-5H2,(H,16,17,18). The number of fused-ring (bicyclic) bond motifs is 1. The van der Waals surface area contributed by atoms with Crippen LogP contribution in [0.25, 0.3) is 10.2 Å². The molecular weight excluding hydrogens is 298 g/mol. The van der Waals surface area contributed by atoms with E-state index in [9.17, 15) is 4.79 Å². The van der Waals surface area contributed by atoms with Gasteiger partial charge in [-0.25, -0.2) is 15.0 Å². The lowest BCUT2D eigenvalue weighted by atomic mass is 10.3. The van der Waals surface area contributed by atoms with Crippen molar-refractivity contribution in [3.05, 3.63) is 46.2 Å². The van der Waals surface area contributed by atoms with Crippen LogP contribution in [0, 0.1) is 0 Å². The van der Waals surface area contributed by atoms with Crippen molar-refractivity contribution in [2.45, 2.75) is 25.3 Å². The maximum absolute atomic E-state index is 12.1. The fraction of sp³-hybridized carbons (Fsp3) is 0.333. The van der Waals surface area contributed by atoms with Gasteiger partial charge in [0.25, 0.3) is 5.56 Å². The molecule has 0 aromatic carbocycles. The molecule has 0 saturated heterocycles. The van der Waals surface area contributed by atoms with Crippen molar-refractivity contribution in [1.29, 1.82) is 0 Å². The summed E-state index contributed by atoms with van der Waals surface area (Å²) in [6.45, 7) is 1.18. The van der Waals surface area contributed by atoms with E-state index in [1.165, 1.54) is 0 Å². The fourth-order valence-electron chi connectivity index (χ4n) is 2.42. The molecule has 4 rings (SSSR count). The zero-order valence-electron chi connectivity index (χ0n) is 11.9. The van der Waals surface area contributed by atoms with Gasteiger partial charge in [-0.3, -0.25) is 9.36 Å². The first-order valence-electron chi connectivity index (χ1n) is 7.30. The monoisotopic (exact) mass is 313 g/mol. The summed E-state index contributed by atoms with van der Waals surface area (Å²) in [5.74, 6) is 1.32. The summed E-state index contributed by atoms with van der Waals surface area (Å²) in [7, 11) is 0. The highest BCUT2D eigenvalue weighted by Gasteiger charge is 2.25. The van der Waals surface area contributed by atoms with Crippen molar-refractivity contribution in [1.82, 2.24) is 19.5 Å². The molecule has 6 nitrogen and oxygen atoms in total. The molecule has 0 atom stereocenters. The first-order chi connectivity index (χ1) is 10.8. The number of nitrogens with one attached hydrogen (secondary N) is 1. The number of thiophene rings is 1. The molecule has 0 amide bonds. The molecular formula is C15H15N5OS. The van der Waals surface area contributed by atoms with E-state index in [2.05, 4.69) is 20.3 Å². The Bertz CT molecular complexity index is 867. The van der Waals surface area contributed by atoms with Crippen LogP contribution in [-0.2, 0) is 6.54 Å². The second-order valence-electron chi connectivity index (χ2n) is 5.40. The third-order valence-corrected chi connectivity index (χ3v) is 4.69. The highest BCUT2D eigenvalue weighted by molar-refractivity contribution is 7.17. The van der Waals surface area contributed by atoms with Crippen LogP contribution in [0.4, 0.5) is 5.82 Å². The molecule has 0 spiro atoms. The summed E-state index contributed by atoms with van der Waals surface area (Å²) < 4.78 is 2.67. The minimum Gasteiger partial charge on any atom is -0.367 e. The number of hydrogen-bond acceptors (Lipinski definition) is 6. The van der Waals surface area contributed by atoms with Gasteiger partial charge in [0.2, 0.25) is 0 Å². The van der Waals surface area contributed by atoms with Gasteiger partial charge in [-0.1, -0.05) is 0 Å². The Balaban J connectivity index is 1.44. The third-order valence-electron chi connectivity index (χ3n) is 3.78. The Kier molecular flexibility index (Phi) is 3.34. The van der Waals surface area contributed by atoms with E-state index in [-0.39, 0.29) is 5.56 Å². The molecule has 1 aliphatic rings. The molecule has 1 saturated carbocycles. The molecule has 0 radical (unpaired) electrons. The summed E-state index contributed by atoms with van der Waals surface area (Å²) in [4.78, 5) is 24.9. The van der Waals surface area contributed by atoms with Crippen LogP contribution in [0.1, 0.15) is 24.5 Å². The normalized spacial score (nSPS) is 14.4. The molecule has 3 aromatic rings. The van der Waals surface area contributed by atoms with Crippen molar-refractivity contribution in [3.63, 3.8) is 0 Å². The topological polar surface area (TPSA) is 72.7 Å². The SMILES string of the molecule is O=c1cc(C2CC2)ncn1CCNc1ncnc2ccsc12. The van der Waals surface area contributed by atoms with Crippen molar-refractivity contribution < 1.29 is 0 Å². The van der Waals surface area contributed by atoms with Crippen molar-refractivity contribution in [2.75, 3.05) is 11.9 Å². The number of hydrogen-bond donors (Lipinski definition) is 1. The third kappa shape index (κ3) is 2.59.